The standard InChI is InChI=1S/C25H25N5O2S/c1-17(19-7-3-2-4-8-19)12-23(31)29-24-21(13-26)20-9-11-30(16-22(20)33-24)25(32)28-15-18-6-5-10-27-14-18/h2-8,10,14,17H,9,11-12,15-16H2,1H3,(H,28,32)(H,29,31)/t17-/m1/s1. The predicted molar refractivity (Wildman–Crippen MR) is 128 cm³/mol. The number of nitrogens with one attached hydrogen (secondary N) is 2. The molecule has 0 bridgehead atoms. The molecule has 0 unspecified atom stereocenters. The molecule has 1 aliphatic heterocycles. The fraction of sp³-hybridized carbons (Fsp3) is 0.280. The number of benzene rings is 1. The number of thiophene rings is 1. The van der Waals surface area contributed by atoms with Crippen molar-refractivity contribution in [2.75, 3.05) is 11.9 Å². The second-order valence-electron chi connectivity index (χ2n) is 8.08. The summed E-state index contributed by atoms with van der Waals surface area (Å²) in [7, 11) is 0. The van der Waals surface area contributed by atoms with Gasteiger partial charge in [0.05, 0.1) is 12.1 Å². The Bertz CT molecular complexity index is 1170. The van der Waals surface area contributed by atoms with E-state index in [1.165, 1.54) is 11.3 Å². The van der Waals surface area contributed by atoms with Crippen LogP contribution in [0.4, 0.5) is 9.80 Å². The minimum absolute atomic E-state index is 0.0744. The van der Waals surface area contributed by atoms with E-state index in [2.05, 4.69) is 21.7 Å². The third-order valence-electron chi connectivity index (χ3n) is 5.74. The second kappa shape index (κ2) is 10.3. The van der Waals surface area contributed by atoms with E-state index in [0.29, 0.717) is 43.0 Å². The Morgan fingerprint density at radius 1 is 1.24 bits per heavy atom. The van der Waals surface area contributed by atoms with Crippen molar-refractivity contribution in [1.82, 2.24) is 15.2 Å². The molecule has 8 heteroatoms. The van der Waals surface area contributed by atoms with Gasteiger partial charge in [0.2, 0.25) is 5.91 Å². The van der Waals surface area contributed by atoms with E-state index in [0.717, 1.165) is 21.6 Å². The minimum atomic E-state index is -0.154. The SMILES string of the molecule is C[C@H](CC(=O)Nc1sc2c(c1C#N)CCN(C(=O)NCc1cccnc1)C2)c1ccccc1. The lowest BCUT2D eigenvalue weighted by molar-refractivity contribution is -0.116. The molecular weight excluding hydrogens is 434 g/mol. The van der Waals surface area contributed by atoms with Crippen LogP contribution in [-0.4, -0.2) is 28.4 Å². The highest BCUT2D eigenvalue weighted by Crippen LogP contribution is 2.37. The number of pyridine rings is 1. The summed E-state index contributed by atoms with van der Waals surface area (Å²) in [6.07, 6.45) is 4.34. The highest BCUT2D eigenvalue weighted by molar-refractivity contribution is 7.16. The van der Waals surface area contributed by atoms with Crippen molar-refractivity contribution in [3.8, 4) is 6.07 Å². The number of carbonyl (C=O) groups is 2. The Balaban J connectivity index is 1.39. The maximum absolute atomic E-state index is 12.7. The number of hydrogen-bond acceptors (Lipinski definition) is 5. The summed E-state index contributed by atoms with van der Waals surface area (Å²) >= 11 is 1.39. The van der Waals surface area contributed by atoms with Crippen LogP contribution < -0.4 is 10.6 Å². The molecule has 3 heterocycles. The topological polar surface area (TPSA) is 98.1 Å². The number of nitriles is 1. The maximum atomic E-state index is 12.7. The Kier molecular flexibility index (Phi) is 7.01. The molecule has 33 heavy (non-hydrogen) atoms. The molecular formula is C25H25N5O2S. The summed E-state index contributed by atoms with van der Waals surface area (Å²) in [5.74, 6) is -0.0437. The van der Waals surface area contributed by atoms with Crippen molar-refractivity contribution in [2.45, 2.75) is 38.8 Å². The van der Waals surface area contributed by atoms with Gasteiger partial charge in [-0.3, -0.25) is 9.78 Å². The van der Waals surface area contributed by atoms with Crippen molar-refractivity contribution < 1.29 is 9.59 Å². The first-order chi connectivity index (χ1) is 16.0. The number of amides is 3. The van der Waals surface area contributed by atoms with Crippen molar-refractivity contribution in [2.24, 2.45) is 0 Å². The van der Waals surface area contributed by atoms with E-state index < -0.39 is 0 Å². The van der Waals surface area contributed by atoms with E-state index in [4.69, 9.17) is 0 Å². The van der Waals surface area contributed by atoms with Crippen LogP contribution in [0.25, 0.3) is 0 Å². The first kappa shape index (κ1) is 22.5. The quantitative estimate of drug-likeness (QED) is 0.570. The Labute approximate surface area is 197 Å². The van der Waals surface area contributed by atoms with Gasteiger partial charge in [-0.1, -0.05) is 43.3 Å². The molecule has 7 nitrogen and oxygen atoms in total. The Morgan fingerprint density at radius 2 is 2.06 bits per heavy atom. The molecule has 1 aliphatic rings. The summed E-state index contributed by atoms with van der Waals surface area (Å²) in [6, 6.07) is 15.7. The van der Waals surface area contributed by atoms with Crippen molar-refractivity contribution in [3.63, 3.8) is 0 Å². The predicted octanol–water partition coefficient (Wildman–Crippen LogP) is 4.41. The number of urea groups is 1. The molecule has 0 radical (unpaired) electrons. The van der Waals surface area contributed by atoms with Crippen LogP contribution in [0.5, 0.6) is 0 Å². The molecule has 168 valence electrons. The zero-order chi connectivity index (χ0) is 23.2. The summed E-state index contributed by atoms with van der Waals surface area (Å²) in [5, 5.41) is 16.2. The zero-order valence-corrected chi connectivity index (χ0v) is 19.2. The minimum Gasteiger partial charge on any atom is -0.334 e. The molecule has 0 saturated heterocycles. The largest absolute Gasteiger partial charge is 0.334 e. The van der Waals surface area contributed by atoms with Crippen LogP contribution in [0.3, 0.4) is 0 Å². The van der Waals surface area contributed by atoms with Crippen molar-refractivity contribution >= 4 is 28.3 Å². The molecule has 3 amide bonds. The lowest BCUT2D eigenvalue weighted by atomic mass is 9.97. The van der Waals surface area contributed by atoms with E-state index in [1.807, 2.05) is 49.4 Å². The third-order valence-corrected chi connectivity index (χ3v) is 6.87. The smallest absolute Gasteiger partial charge is 0.318 e. The van der Waals surface area contributed by atoms with Gasteiger partial charge in [0.1, 0.15) is 11.1 Å². The lowest BCUT2D eigenvalue weighted by Gasteiger charge is -2.27. The number of nitrogens with zero attached hydrogens (tertiary/aromatic N) is 3. The van der Waals surface area contributed by atoms with E-state index >= 15 is 0 Å². The normalized spacial score (nSPS) is 13.5. The van der Waals surface area contributed by atoms with Crippen LogP contribution in [-0.2, 0) is 24.3 Å². The van der Waals surface area contributed by atoms with Crippen LogP contribution >= 0.6 is 11.3 Å². The van der Waals surface area contributed by atoms with Gasteiger partial charge in [-0.15, -0.1) is 11.3 Å². The van der Waals surface area contributed by atoms with E-state index in [-0.39, 0.29) is 17.9 Å². The molecule has 0 saturated carbocycles. The fourth-order valence-electron chi connectivity index (χ4n) is 3.93. The van der Waals surface area contributed by atoms with Crippen LogP contribution in [0.15, 0.2) is 54.9 Å². The average molecular weight is 460 g/mol. The Morgan fingerprint density at radius 3 is 2.79 bits per heavy atom. The summed E-state index contributed by atoms with van der Waals surface area (Å²) < 4.78 is 0. The van der Waals surface area contributed by atoms with Crippen molar-refractivity contribution in [3.05, 3.63) is 82.0 Å². The number of rotatable bonds is 6. The third kappa shape index (κ3) is 5.38. The highest BCUT2D eigenvalue weighted by Gasteiger charge is 2.27. The number of carbonyl (C=O) groups excluding carboxylic acids is 2. The van der Waals surface area contributed by atoms with Gasteiger partial charge in [0.25, 0.3) is 0 Å². The van der Waals surface area contributed by atoms with Gasteiger partial charge in [-0.2, -0.15) is 5.26 Å². The summed E-state index contributed by atoms with van der Waals surface area (Å²) in [6.45, 7) is 3.37. The molecule has 0 fully saturated rings. The van der Waals surface area contributed by atoms with Gasteiger partial charge in [-0.05, 0) is 35.1 Å². The molecule has 0 aliphatic carbocycles. The van der Waals surface area contributed by atoms with Crippen LogP contribution in [0.2, 0.25) is 0 Å². The Hall–Kier alpha value is -3.70. The molecule has 2 aromatic heterocycles. The van der Waals surface area contributed by atoms with Gasteiger partial charge in [0, 0.05) is 36.8 Å². The van der Waals surface area contributed by atoms with Crippen molar-refractivity contribution in [1.29, 1.82) is 5.26 Å². The monoisotopic (exact) mass is 459 g/mol. The molecule has 1 atom stereocenters. The number of hydrogen-bond donors (Lipinski definition) is 2. The van der Waals surface area contributed by atoms with Crippen LogP contribution in [0, 0.1) is 11.3 Å². The second-order valence-corrected chi connectivity index (χ2v) is 9.18. The molecule has 3 aromatic rings. The molecule has 4 rings (SSSR count). The van der Waals surface area contributed by atoms with Gasteiger partial charge < -0.3 is 15.5 Å². The maximum Gasteiger partial charge on any atom is 0.318 e. The van der Waals surface area contributed by atoms with Gasteiger partial charge >= 0.3 is 6.03 Å². The lowest BCUT2D eigenvalue weighted by Crippen LogP contribution is -2.42. The highest BCUT2D eigenvalue weighted by atomic mass is 32.1. The van der Waals surface area contributed by atoms with E-state index in [1.54, 1.807) is 17.3 Å². The zero-order valence-electron chi connectivity index (χ0n) is 18.4. The molecule has 0 spiro atoms. The summed E-state index contributed by atoms with van der Waals surface area (Å²) in [5.41, 5.74) is 3.49. The number of fused-ring (bicyclic) bond motifs is 1. The van der Waals surface area contributed by atoms with E-state index in [9.17, 15) is 14.9 Å². The first-order valence-corrected chi connectivity index (χ1v) is 11.7. The summed E-state index contributed by atoms with van der Waals surface area (Å²) in [4.78, 5) is 32.1. The van der Waals surface area contributed by atoms with Crippen LogP contribution in [0.1, 0.15) is 46.4 Å². The average Bonchev–Trinajstić information content (AvgIpc) is 3.19. The number of aromatic nitrogens is 1. The van der Waals surface area contributed by atoms with Gasteiger partial charge in [0.15, 0.2) is 0 Å². The molecule has 2 N–H and O–H groups in total. The fourth-order valence-corrected chi connectivity index (χ4v) is 5.16. The first-order valence-electron chi connectivity index (χ1n) is 10.9. The number of anilines is 1. The molecule has 1 aromatic carbocycles. The van der Waals surface area contributed by atoms with Gasteiger partial charge in [-0.25, -0.2) is 4.79 Å².